The van der Waals surface area contributed by atoms with Crippen LogP contribution in [0.5, 0.6) is 0 Å². The molecule has 1 heterocycles. The summed E-state index contributed by atoms with van der Waals surface area (Å²) in [6.45, 7) is 2.32. The van der Waals surface area contributed by atoms with E-state index in [-0.39, 0.29) is 5.71 Å². The van der Waals surface area contributed by atoms with E-state index >= 15 is 0 Å². The number of nitrogens with zero attached hydrogens (tertiary/aromatic N) is 4. The molecular formula is C15H12ClN5O. The molecule has 0 saturated carbocycles. The number of benzene rings is 1. The highest BCUT2D eigenvalue weighted by atomic mass is 35.5. The fourth-order valence-electron chi connectivity index (χ4n) is 2.00. The summed E-state index contributed by atoms with van der Waals surface area (Å²) in [6.07, 6.45) is 0. The lowest BCUT2D eigenvalue weighted by Crippen LogP contribution is -1.99. The highest BCUT2D eigenvalue weighted by Crippen LogP contribution is 2.27. The highest BCUT2D eigenvalue weighted by molar-refractivity contribution is 6.30. The maximum Gasteiger partial charge on any atom is 0.237 e. The maximum absolute atomic E-state index is 8.69. The van der Waals surface area contributed by atoms with E-state index in [4.69, 9.17) is 26.9 Å². The molecule has 0 unspecified atom stereocenters. The standard InChI is InChI=1S/C15H12ClN5O/c1-9-3-12-10(8-22-2)4-15(16)19-14(12)5-13(9)21-20-11(6-17)7-18/h3-5,21H,8H2,1-2H3. The summed E-state index contributed by atoms with van der Waals surface area (Å²) in [6, 6.07) is 8.84. The van der Waals surface area contributed by atoms with Crippen LogP contribution >= 0.6 is 11.6 Å². The highest BCUT2D eigenvalue weighted by Gasteiger charge is 2.09. The molecule has 6 nitrogen and oxygen atoms in total. The SMILES string of the molecule is COCc1cc(Cl)nc2cc(NN=C(C#N)C#N)c(C)cc12. The van der Waals surface area contributed by atoms with Gasteiger partial charge in [-0.2, -0.15) is 15.6 Å². The quantitative estimate of drug-likeness (QED) is 0.531. The van der Waals surface area contributed by atoms with Gasteiger partial charge in [-0.05, 0) is 36.2 Å². The Labute approximate surface area is 132 Å². The average Bonchev–Trinajstić information content (AvgIpc) is 2.49. The number of hydrazone groups is 1. The largest absolute Gasteiger partial charge is 0.380 e. The first-order valence-electron chi connectivity index (χ1n) is 6.31. The van der Waals surface area contributed by atoms with Gasteiger partial charge in [-0.15, -0.1) is 0 Å². The van der Waals surface area contributed by atoms with E-state index in [0.717, 1.165) is 16.5 Å². The van der Waals surface area contributed by atoms with Crippen molar-refractivity contribution in [2.45, 2.75) is 13.5 Å². The Morgan fingerprint density at radius 1 is 1.36 bits per heavy atom. The molecule has 2 rings (SSSR count). The van der Waals surface area contributed by atoms with Gasteiger partial charge in [0.15, 0.2) is 0 Å². The second-order valence-corrected chi connectivity index (χ2v) is 4.90. The van der Waals surface area contributed by atoms with Crippen LogP contribution in [0.4, 0.5) is 5.69 Å². The molecule has 0 saturated heterocycles. The zero-order valence-electron chi connectivity index (χ0n) is 12.0. The van der Waals surface area contributed by atoms with E-state index in [9.17, 15) is 0 Å². The number of nitriles is 2. The Morgan fingerprint density at radius 2 is 2.09 bits per heavy atom. The lowest BCUT2D eigenvalue weighted by Gasteiger charge is -2.10. The van der Waals surface area contributed by atoms with E-state index in [1.54, 1.807) is 31.4 Å². The normalized spacial score (nSPS) is 9.86. The van der Waals surface area contributed by atoms with Gasteiger partial charge < -0.3 is 4.74 Å². The van der Waals surface area contributed by atoms with Crippen molar-refractivity contribution in [2.24, 2.45) is 5.10 Å². The van der Waals surface area contributed by atoms with Gasteiger partial charge in [-0.25, -0.2) is 4.98 Å². The molecule has 0 atom stereocenters. The number of hydrogen-bond donors (Lipinski definition) is 1. The molecule has 7 heteroatoms. The van der Waals surface area contributed by atoms with Crippen LogP contribution < -0.4 is 5.43 Å². The summed E-state index contributed by atoms with van der Waals surface area (Å²) in [5.74, 6) is 0. The predicted octanol–water partition coefficient (Wildman–Crippen LogP) is 3.16. The molecule has 0 fully saturated rings. The molecular weight excluding hydrogens is 302 g/mol. The van der Waals surface area contributed by atoms with Crippen LogP contribution in [0.2, 0.25) is 5.15 Å². The molecule has 0 bridgehead atoms. The summed E-state index contributed by atoms with van der Waals surface area (Å²) in [4.78, 5) is 4.28. The van der Waals surface area contributed by atoms with Crippen LogP contribution in [0.25, 0.3) is 10.9 Å². The number of halogens is 1. The minimum Gasteiger partial charge on any atom is -0.380 e. The predicted molar refractivity (Wildman–Crippen MR) is 84.5 cm³/mol. The summed E-state index contributed by atoms with van der Waals surface area (Å²) in [7, 11) is 1.61. The second kappa shape index (κ2) is 6.86. The number of ether oxygens (including phenoxy) is 1. The minimum atomic E-state index is -0.251. The number of fused-ring (bicyclic) bond motifs is 1. The van der Waals surface area contributed by atoms with Crippen molar-refractivity contribution in [1.29, 1.82) is 10.5 Å². The zero-order valence-corrected chi connectivity index (χ0v) is 12.8. The number of pyridine rings is 1. The van der Waals surface area contributed by atoms with Gasteiger partial charge in [-0.3, -0.25) is 5.43 Å². The number of nitrogens with one attached hydrogen (secondary N) is 1. The average molecular weight is 314 g/mol. The van der Waals surface area contributed by atoms with E-state index in [1.165, 1.54) is 0 Å². The molecule has 1 aromatic carbocycles. The Balaban J connectivity index is 2.52. The molecule has 110 valence electrons. The summed E-state index contributed by atoms with van der Waals surface area (Å²) >= 11 is 6.02. The third-order valence-electron chi connectivity index (χ3n) is 3.01. The van der Waals surface area contributed by atoms with E-state index in [2.05, 4.69) is 15.5 Å². The first-order chi connectivity index (χ1) is 10.6. The van der Waals surface area contributed by atoms with E-state index < -0.39 is 0 Å². The molecule has 0 aliphatic heterocycles. The van der Waals surface area contributed by atoms with Gasteiger partial charge in [0.05, 0.1) is 17.8 Å². The molecule has 0 spiro atoms. The van der Waals surface area contributed by atoms with Gasteiger partial charge in [0.25, 0.3) is 0 Å². The third-order valence-corrected chi connectivity index (χ3v) is 3.20. The molecule has 2 aromatic rings. The molecule has 0 amide bonds. The fraction of sp³-hybridized carbons (Fsp3) is 0.200. The molecule has 0 aliphatic rings. The maximum atomic E-state index is 8.69. The van der Waals surface area contributed by atoms with Gasteiger partial charge in [0.1, 0.15) is 17.3 Å². The van der Waals surface area contributed by atoms with Crippen molar-refractivity contribution in [3.05, 3.63) is 34.5 Å². The van der Waals surface area contributed by atoms with Crippen molar-refractivity contribution in [1.82, 2.24) is 4.98 Å². The summed E-state index contributed by atoms with van der Waals surface area (Å²) in [5.41, 5.74) is 5.61. The van der Waals surface area contributed by atoms with Crippen molar-refractivity contribution in [3.63, 3.8) is 0 Å². The van der Waals surface area contributed by atoms with Crippen molar-refractivity contribution in [2.75, 3.05) is 12.5 Å². The number of rotatable bonds is 4. The number of aryl methyl sites for hydroxylation is 1. The fourth-order valence-corrected chi connectivity index (χ4v) is 2.22. The van der Waals surface area contributed by atoms with Crippen LogP contribution in [0.3, 0.4) is 0 Å². The third kappa shape index (κ3) is 3.32. The van der Waals surface area contributed by atoms with Gasteiger partial charge in [0, 0.05) is 12.5 Å². The van der Waals surface area contributed by atoms with Crippen molar-refractivity contribution < 1.29 is 4.74 Å². The lowest BCUT2D eigenvalue weighted by molar-refractivity contribution is 0.186. The van der Waals surface area contributed by atoms with Crippen LogP contribution in [-0.2, 0) is 11.3 Å². The van der Waals surface area contributed by atoms with E-state index in [0.29, 0.717) is 23.0 Å². The zero-order chi connectivity index (χ0) is 16.1. The number of anilines is 1. The molecule has 0 radical (unpaired) electrons. The van der Waals surface area contributed by atoms with Crippen LogP contribution in [0.1, 0.15) is 11.1 Å². The van der Waals surface area contributed by atoms with Crippen molar-refractivity contribution >= 4 is 33.9 Å². The topological polar surface area (TPSA) is 94.1 Å². The first-order valence-corrected chi connectivity index (χ1v) is 6.69. The number of methoxy groups -OCH3 is 1. The Morgan fingerprint density at radius 3 is 2.73 bits per heavy atom. The molecule has 1 N–H and O–H groups in total. The Hall–Kier alpha value is -2.67. The Kier molecular flexibility index (Phi) is 4.90. The monoisotopic (exact) mass is 313 g/mol. The number of hydrogen-bond acceptors (Lipinski definition) is 6. The van der Waals surface area contributed by atoms with Crippen LogP contribution in [0.15, 0.2) is 23.3 Å². The van der Waals surface area contributed by atoms with Gasteiger partial charge >= 0.3 is 0 Å². The molecule has 0 aliphatic carbocycles. The lowest BCUT2D eigenvalue weighted by atomic mass is 10.1. The van der Waals surface area contributed by atoms with E-state index in [1.807, 2.05) is 13.0 Å². The number of aromatic nitrogens is 1. The molecule has 1 aromatic heterocycles. The van der Waals surface area contributed by atoms with Crippen LogP contribution in [0, 0.1) is 29.6 Å². The molecule has 22 heavy (non-hydrogen) atoms. The summed E-state index contributed by atoms with van der Waals surface area (Å²) < 4.78 is 5.17. The first kappa shape index (κ1) is 15.7. The van der Waals surface area contributed by atoms with Gasteiger partial charge in [0.2, 0.25) is 5.71 Å². The van der Waals surface area contributed by atoms with Crippen LogP contribution in [-0.4, -0.2) is 17.8 Å². The Bertz CT molecular complexity index is 816. The second-order valence-electron chi connectivity index (χ2n) is 4.52. The van der Waals surface area contributed by atoms with Crippen molar-refractivity contribution in [3.8, 4) is 12.1 Å². The van der Waals surface area contributed by atoms with Gasteiger partial charge in [-0.1, -0.05) is 11.6 Å². The summed E-state index contributed by atoms with van der Waals surface area (Å²) in [5, 5.41) is 22.4. The minimum absolute atomic E-state index is 0.251. The smallest absolute Gasteiger partial charge is 0.237 e.